The number of ether oxygens (including phenoxy) is 1. The van der Waals surface area contributed by atoms with E-state index < -0.39 is 12.1 Å². The van der Waals surface area contributed by atoms with Gasteiger partial charge in [0.25, 0.3) is 5.91 Å². The summed E-state index contributed by atoms with van der Waals surface area (Å²) < 4.78 is 5.41. The van der Waals surface area contributed by atoms with E-state index in [1.54, 1.807) is 24.3 Å². The van der Waals surface area contributed by atoms with E-state index in [4.69, 9.17) is 9.84 Å². The Morgan fingerprint density at radius 1 is 1.11 bits per heavy atom. The number of hydrogen-bond acceptors (Lipinski definition) is 7. The molecule has 1 saturated heterocycles. The minimum Gasteiger partial charge on any atom is -0.445 e. The molecule has 0 aliphatic carbocycles. The van der Waals surface area contributed by atoms with Crippen molar-refractivity contribution in [1.29, 1.82) is 0 Å². The smallest absolute Gasteiger partial charge is 0.410 e. The fourth-order valence-electron chi connectivity index (χ4n) is 3.89. The Bertz CT molecular complexity index is 1180. The average molecular weight is 509 g/mol. The van der Waals surface area contributed by atoms with Crippen LogP contribution in [0.3, 0.4) is 0 Å². The van der Waals surface area contributed by atoms with Crippen molar-refractivity contribution in [3.8, 4) is 11.3 Å². The van der Waals surface area contributed by atoms with Crippen molar-refractivity contribution in [1.82, 2.24) is 15.2 Å². The molecule has 9 nitrogen and oxygen atoms in total. The maximum absolute atomic E-state index is 12.9. The molecule has 1 aliphatic heterocycles. The topological polar surface area (TPSA) is 121 Å². The lowest BCUT2D eigenvalue weighted by atomic mass is 10.1. The molecule has 2 aromatic carbocycles. The van der Waals surface area contributed by atoms with Gasteiger partial charge in [-0.05, 0) is 37.0 Å². The number of carbonyl (C=O) groups is 3. The zero-order valence-corrected chi connectivity index (χ0v) is 20.5. The number of nitrogens with zero attached hydrogens (tertiary/aromatic N) is 2. The van der Waals surface area contributed by atoms with Gasteiger partial charge < -0.3 is 20.5 Å². The van der Waals surface area contributed by atoms with Crippen molar-refractivity contribution in [2.24, 2.45) is 0 Å². The first-order valence-electron chi connectivity index (χ1n) is 11.8. The van der Waals surface area contributed by atoms with Crippen molar-refractivity contribution in [2.75, 3.05) is 25.0 Å². The second kappa shape index (κ2) is 12.3. The Labute approximate surface area is 213 Å². The molecular weight excluding hydrogens is 480 g/mol. The van der Waals surface area contributed by atoms with Gasteiger partial charge >= 0.3 is 6.09 Å². The molecule has 3 N–H and O–H groups in total. The fraction of sp³-hybridized carbons (Fsp3) is 0.308. The van der Waals surface area contributed by atoms with E-state index in [9.17, 15) is 14.4 Å². The Morgan fingerprint density at radius 2 is 1.89 bits per heavy atom. The molecule has 36 heavy (non-hydrogen) atoms. The number of rotatable bonds is 9. The summed E-state index contributed by atoms with van der Waals surface area (Å²) in [5, 5.41) is 16.7. The molecule has 0 saturated carbocycles. The van der Waals surface area contributed by atoms with Crippen LogP contribution in [0.4, 0.5) is 9.93 Å². The molecule has 3 amide bonds. The van der Waals surface area contributed by atoms with Gasteiger partial charge in [0.05, 0.1) is 5.69 Å². The molecule has 4 rings (SSSR count). The number of hydrogen-bond donors (Lipinski definition) is 3. The molecular formula is C26H28N4O5S. The van der Waals surface area contributed by atoms with Gasteiger partial charge in [-0.1, -0.05) is 42.5 Å². The van der Waals surface area contributed by atoms with Crippen LogP contribution in [0, 0.1) is 0 Å². The molecule has 1 unspecified atom stereocenters. The highest BCUT2D eigenvalue weighted by Crippen LogP contribution is 2.27. The van der Waals surface area contributed by atoms with E-state index >= 15 is 0 Å². The molecule has 0 spiro atoms. The predicted molar refractivity (Wildman–Crippen MR) is 137 cm³/mol. The van der Waals surface area contributed by atoms with Crippen LogP contribution in [0.5, 0.6) is 0 Å². The largest absolute Gasteiger partial charge is 0.445 e. The number of likely N-dealkylation sites (tertiary alicyclic amines) is 1. The van der Waals surface area contributed by atoms with Crippen molar-refractivity contribution in [3.05, 3.63) is 71.1 Å². The summed E-state index contributed by atoms with van der Waals surface area (Å²) in [5.74, 6) is -0.496. The Balaban J connectivity index is 1.32. The maximum atomic E-state index is 12.9. The number of aliphatic hydroxyl groups excluding tert-OH is 1. The summed E-state index contributed by atoms with van der Waals surface area (Å²) in [6.45, 7) is 1.06. The lowest BCUT2D eigenvalue weighted by Gasteiger charge is -2.22. The first kappa shape index (κ1) is 25.3. The number of nitrogens with one attached hydrogen (secondary N) is 2. The van der Waals surface area contributed by atoms with Crippen LogP contribution < -0.4 is 10.6 Å². The van der Waals surface area contributed by atoms with Gasteiger partial charge in [-0.25, -0.2) is 9.78 Å². The van der Waals surface area contributed by atoms with Gasteiger partial charge in [0, 0.05) is 36.2 Å². The SMILES string of the molecule is O=C(NCCCO)c1ccc(-c2csc(NC(=O)C3CCCN3C(=O)OCc3ccccc3)n2)cc1. The zero-order valence-electron chi connectivity index (χ0n) is 19.7. The van der Waals surface area contributed by atoms with Gasteiger partial charge in [-0.3, -0.25) is 14.5 Å². The van der Waals surface area contributed by atoms with Crippen molar-refractivity contribution in [3.63, 3.8) is 0 Å². The molecule has 1 aromatic heterocycles. The molecule has 0 radical (unpaired) electrons. The number of benzene rings is 2. The first-order valence-corrected chi connectivity index (χ1v) is 12.7. The van der Waals surface area contributed by atoms with Crippen LogP contribution in [-0.2, 0) is 16.1 Å². The van der Waals surface area contributed by atoms with E-state index in [-0.39, 0.29) is 25.0 Å². The monoisotopic (exact) mass is 508 g/mol. The highest BCUT2D eigenvalue weighted by atomic mass is 32.1. The number of thiazole rings is 1. The predicted octanol–water partition coefficient (Wildman–Crippen LogP) is 3.66. The van der Waals surface area contributed by atoms with Crippen LogP contribution in [0.2, 0.25) is 0 Å². The number of anilines is 1. The first-order chi connectivity index (χ1) is 17.5. The molecule has 188 valence electrons. The van der Waals surface area contributed by atoms with E-state index in [1.165, 1.54) is 16.2 Å². The molecule has 3 aromatic rings. The van der Waals surface area contributed by atoms with Crippen LogP contribution in [0.15, 0.2) is 60.0 Å². The molecule has 1 fully saturated rings. The lowest BCUT2D eigenvalue weighted by Crippen LogP contribution is -2.43. The number of amides is 3. The summed E-state index contributed by atoms with van der Waals surface area (Å²) in [6.07, 6.45) is 1.29. The summed E-state index contributed by atoms with van der Waals surface area (Å²) in [6, 6.07) is 15.8. The van der Waals surface area contributed by atoms with Gasteiger partial charge in [-0.15, -0.1) is 11.3 Å². The zero-order chi connectivity index (χ0) is 25.3. The van der Waals surface area contributed by atoms with Crippen molar-refractivity contribution < 1.29 is 24.2 Å². The standard InChI is InChI=1S/C26H28N4O5S/c31-15-5-13-27-23(32)20-11-9-19(10-12-20)21-17-36-25(28-21)29-24(33)22-8-4-14-30(22)26(34)35-16-18-6-2-1-3-7-18/h1-3,6-7,9-12,17,22,31H,4-5,8,13-16H2,(H,27,32)(H,28,29,33). The normalized spacial score (nSPS) is 14.9. The van der Waals surface area contributed by atoms with E-state index in [1.807, 2.05) is 35.7 Å². The Hall–Kier alpha value is -3.76. The summed E-state index contributed by atoms with van der Waals surface area (Å²) >= 11 is 1.29. The molecule has 1 atom stereocenters. The van der Waals surface area contributed by atoms with E-state index in [2.05, 4.69) is 15.6 Å². The summed E-state index contributed by atoms with van der Waals surface area (Å²) in [5.41, 5.74) is 2.89. The van der Waals surface area contributed by atoms with Gasteiger partial charge in [-0.2, -0.15) is 0 Å². The van der Waals surface area contributed by atoms with Crippen LogP contribution in [0.25, 0.3) is 11.3 Å². The average Bonchev–Trinajstić information content (AvgIpc) is 3.58. The molecule has 2 heterocycles. The summed E-state index contributed by atoms with van der Waals surface area (Å²) in [4.78, 5) is 43.6. The fourth-order valence-corrected chi connectivity index (χ4v) is 4.61. The number of carbonyl (C=O) groups excluding carboxylic acids is 3. The third kappa shape index (κ3) is 6.46. The van der Waals surface area contributed by atoms with Crippen LogP contribution >= 0.6 is 11.3 Å². The van der Waals surface area contributed by atoms with E-state index in [0.717, 1.165) is 17.5 Å². The second-order valence-electron chi connectivity index (χ2n) is 8.33. The Morgan fingerprint density at radius 3 is 2.64 bits per heavy atom. The van der Waals surface area contributed by atoms with Gasteiger partial charge in [0.2, 0.25) is 5.91 Å². The number of aromatic nitrogens is 1. The minimum atomic E-state index is -0.607. The second-order valence-corrected chi connectivity index (χ2v) is 9.19. The van der Waals surface area contributed by atoms with E-state index in [0.29, 0.717) is 42.3 Å². The van der Waals surface area contributed by atoms with Gasteiger partial charge in [0.15, 0.2) is 5.13 Å². The molecule has 10 heteroatoms. The highest BCUT2D eigenvalue weighted by Gasteiger charge is 2.35. The highest BCUT2D eigenvalue weighted by molar-refractivity contribution is 7.14. The van der Waals surface area contributed by atoms with Gasteiger partial charge in [0.1, 0.15) is 12.6 Å². The number of aliphatic hydroxyl groups is 1. The minimum absolute atomic E-state index is 0.0268. The van der Waals surface area contributed by atoms with Crippen molar-refractivity contribution >= 4 is 34.4 Å². The Kier molecular flexibility index (Phi) is 8.64. The molecule has 0 bridgehead atoms. The third-order valence-electron chi connectivity index (χ3n) is 5.79. The summed E-state index contributed by atoms with van der Waals surface area (Å²) in [7, 11) is 0. The maximum Gasteiger partial charge on any atom is 0.410 e. The quantitative estimate of drug-likeness (QED) is 0.380. The van der Waals surface area contributed by atoms with Crippen LogP contribution in [0.1, 0.15) is 35.2 Å². The third-order valence-corrected chi connectivity index (χ3v) is 6.55. The van der Waals surface area contributed by atoms with Crippen molar-refractivity contribution in [2.45, 2.75) is 31.9 Å². The van der Waals surface area contributed by atoms with Crippen LogP contribution in [-0.4, -0.2) is 58.6 Å². The lowest BCUT2D eigenvalue weighted by molar-refractivity contribution is -0.120. The molecule has 1 aliphatic rings.